The molecule has 3 aromatic carbocycles. The van der Waals surface area contributed by atoms with E-state index in [1.54, 1.807) is 6.07 Å². The number of halogens is 3. The van der Waals surface area contributed by atoms with E-state index in [2.05, 4.69) is 0 Å². The number of methoxy groups -OCH3 is 3. The lowest BCUT2D eigenvalue weighted by molar-refractivity contribution is -0.136. The summed E-state index contributed by atoms with van der Waals surface area (Å²) in [5, 5.41) is -0.915. The first kappa shape index (κ1) is 25.1. The van der Waals surface area contributed by atoms with E-state index in [1.165, 1.54) is 63.8 Å². The van der Waals surface area contributed by atoms with Gasteiger partial charge in [0.05, 0.1) is 26.9 Å². The van der Waals surface area contributed by atoms with Gasteiger partial charge in [-0.3, -0.25) is 9.59 Å². The van der Waals surface area contributed by atoms with Crippen LogP contribution in [0.1, 0.15) is 26.3 Å². The number of ether oxygens (including phenoxy) is 3. The third-order valence-corrected chi connectivity index (χ3v) is 7.76. The van der Waals surface area contributed by atoms with Crippen LogP contribution in [0.5, 0.6) is 17.2 Å². The summed E-state index contributed by atoms with van der Waals surface area (Å²) in [4.78, 5) is 27.4. The number of carbonyl (C=O) groups excluding carboxylic acids is 2. The van der Waals surface area contributed by atoms with Crippen LogP contribution in [0, 0.1) is 0 Å². The molecule has 0 amide bonds. The minimum absolute atomic E-state index is 0.174. The van der Waals surface area contributed by atoms with Crippen molar-refractivity contribution in [2.75, 3.05) is 21.3 Å². The van der Waals surface area contributed by atoms with Gasteiger partial charge in [0.25, 0.3) is 0 Å². The first-order chi connectivity index (χ1) is 16.1. The third-order valence-electron chi connectivity index (χ3n) is 5.07. The molecule has 1 unspecified atom stereocenters. The Bertz CT molecular complexity index is 1250. The molecule has 34 heavy (non-hydrogen) atoms. The maximum absolute atomic E-state index is 14.4. The molecule has 178 valence electrons. The molecule has 3 rings (SSSR count). The second-order valence-electron chi connectivity index (χ2n) is 7.01. The summed E-state index contributed by atoms with van der Waals surface area (Å²) in [5.41, 5.74) is -4.55. The molecule has 10 heteroatoms. The van der Waals surface area contributed by atoms with Crippen molar-refractivity contribution in [2.24, 2.45) is 0 Å². The second-order valence-corrected chi connectivity index (χ2v) is 9.52. The maximum atomic E-state index is 14.4. The van der Waals surface area contributed by atoms with Crippen LogP contribution in [0.25, 0.3) is 0 Å². The van der Waals surface area contributed by atoms with E-state index in [0.29, 0.717) is 6.07 Å². The average Bonchev–Trinajstić information content (AvgIpc) is 2.86. The number of hydrogen-bond donors (Lipinski definition) is 0. The van der Waals surface area contributed by atoms with Gasteiger partial charge >= 0.3 is 6.18 Å². The Labute approximate surface area is 193 Å². The molecule has 0 spiro atoms. The molecule has 0 saturated carbocycles. The Hall–Kier alpha value is -3.58. The fourth-order valence-electron chi connectivity index (χ4n) is 3.44. The van der Waals surface area contributed by atoms with Crippen molar-refractivity contribution in [3.63, 3.8) is 0 Å². The van der Waals surface area contributed by atoms with E-state index in [1.807, 2.05) is 0 Å². The Morgan fingerprint density at radius 2 is 1.29 bits per heavy atom. The van der Waals surface area contributed by atoms with Crippen LogP contribution < -0.4 is 19.5 Å². The summed E-state index contributed by atoms with van der Waals surface area (Å²) in [7, 11) is -1.37. The number of hydrogen-bond acceptors (Lipinski definition) is 6. The van der Waals surface area contributed by atoms with E-state index in [9.17, 15) is 27.3 Å². The Morgan fingerprint density at radius 1 is 0.765 bits per heavy atom. The van der Waals surface area contributed by atoms with Gasteiger partial charge in [0.15, 0.2) is 0 Å². The smallest absolute Gasteiger partial charge is 0.417 e. The lowest BCUT2D eigenvalue weighted by Crippen LogP contribution is -2.27. The van der Waals surface area contributed by atoms with E-state index in [0.717, 1.165) is 12.1 Å². The van der Waals surface area contributed by atoms with Gasteiger partial charge in [-0.25, -0.2) is 0 Å². The number of carbonyl (C=O) groups is 2. The summed E-state index contributed by atoms with van der Waals surface area (Å²) >= 11 is 0. The van der Waals surface area contributed by atoms with Gasteiger partial charge in [-0.1, -0.05) is 48.5 Å². The minimum Gasteiger partial charge on any atom is -0.496 e. The quantitative estimate of drug-likeness (QED) is 0.392. The van der Waals surface area contributed by atoms with Crippen LogP contribution in [0.2, 0.25) is 0 Å². The third kappa shape index (κ3) is 4.43. The van der Waals surface area contributed by atoms with E-state index < -0.39 is 40.8 Å². The highest BCUT2D eigenvalue weighted by Crippen LogP contribution is 2.55. The van der Waals surface area contributed by atoms with Crippen LogP contribution in [-0.4, -0.2) is 32.4 Å². The molecule has 0 aliphatic carbocycles. The van der Waals surface area contributed by atoms with Crippen molar-refractivity contribution in [2.45, 2.75) is 6.18 Å². The summed E-state index contributed by atoms with van der Waals surface area (Å²) < 4.78 is 71.7. The molecule has 0 heterocycles. The fourth-order valence-corrected chi connectivity index (χ4v) is 5.94. The van der Waals surface area contributed by atoms with Crippen molar-refractivity contribution < 1.29 is 41.5 Å². The number of rotatable bonds is 8. The van der Waals surface area contributed by atoms with Gasteiger partial charge in [0, 0.05) is 23.0 Å². The zero-order valence-corrected chi connectivity index (χ0v) is 19.3. The van der Waals surface area contributed by atoms with E-state index in [4.69, 9.17) is 14.2 Å². The topological polar surface area (TPSA) is 78.9 Å². The second kappa shape index (κ2) is 9.73. The van der Waals surface area contributed by atoms with Crippen LogP contribution in [0.3, 0.4) is 0 Å². The van der Waals surface area contributed by atoms with Crippen LogP contribution in [0.4, 0.5) is 13.2 Å². The molecule has 1 atom stereocenters. The number of benzene rings is 3. The summed E-state index contributed by atoms with van der Waals surface area (Å²) in [6.07, 6.45) is -4.97. The highest BCUT2D eigenvalue weighted by atomic mass is 31.2. The van der Waals surface area contributed by atoms with Crippen molar-refractivity contribution in [1.82, 2.24) is 0 Å². The SMILES string of the molecule is COc1cc(OC)c(C(=O)P(=O)(C(=O)c2ccccc2)c2ccccc2C(F)(F)F)c(OC)c1. The first-order valence-corrected chi connectivity index (χ1v) is 11.5. The predicted octanol–water partition coefficient (Wildman–Crippen LogP) is 5.40. The normalized spacial score (nSPS) is 13.0. The van der Waals surface area contributed by atoms with Gasteiger partial charge in [0.2, 0.25) is 18.2 Å². The molecule has 6 nitrogen and oxygen atoms in total. The molecule has 0 saturated heterocycles. The van der Waals surface area contributed by atoms with Gasteiger partial charge < -0.3 is 18.8 Å². The molecule has 0 radical (unpaired) electrons. The van der Waals surface area contributed by atoms with Crippen molar-refractivity contribution in [3.05, 3.63) is 83.4 Å². The lowest BCUT2D eigenvalue weighted by atomic mass is 10.2. The molecule has 0 aliphatic heterocycles. The zero-order valence-electron chi connectivity index (χ0n) is 18.4. The maximum Gasteiger partial charge on any atom is 0.417 e. The molecular weight excluding hydrogens is 472 g/mol. The molecule has 0 bridgehead atoms. The molecule has 0 aliphatic rings. The van der Waals surface area contributed by atoms with Gasteiger partial charge in [-0.05, 0) is 6.07 Å². The van der Waals surface area contributed by atoms with Crippen LogP contribution in [0.15, 0.2) is 66.7 Å². The number of alkyl halides is 3. The monoisotopic (exact) mass is 492 g/mol. The first-order valence-electron chi connectivity index (χ1n) is 9.81. The predicted molar refractivity (Wildman–Crippen MR) is 120 cm³/mol. The summed E-state index contributed by atoms with van der Waals surface area (Å²) in [5.74, 6) is -0.135. The molecule has 0 aromatic heterocycles. The molecule has 3 aromatic rings. The van der Waals surface area contributed by atoms with Crippen LogP contribution in [-0.2, 0) is 10.7 Å². The molecule has 0 N–H and O–H groups in total. The van der Waals surface area contributed by atoms with E-state index >= 15 is 0 Å². The molecular formula is C24H20F3O6P. The van der Waals surface area contributed by atoms with Gasteiger partial charge in [-0.15, -0.1) is 0 Å². The molecule has 0 fully saturated rings. The lowest BCUT2D eigenvalue weighted by Gasteiger charge is -2.22. The minimum atomic E-state index is -5.13. The highest BCUT2D eigenvalue weighted by molar-refractivity contribution is 8.01. The van der Waals surface area contributed by atoms with Crippen molar-refractivity contribution in [3.8, 4) is 17.2 Å². The Balaban J connectivity index is 2.39. The van der Waals surface area contributed by atoms with Crippen molar-refractivity contribution in [1.29, 1.82) is 0 Å². The standard InChI is InChI=1S/C24H20F3O6P/c1-31-16-13-18(32-2)21(19(14-16)33-3)23(29)34(30,22(28)15-9-5-4-6-10-15)20-12-8-7-11-17(20)24(25,26)27/h4-14H,1-3H3. The fraction of sp³-hybridized carbons (Fsp3) is 0.167. The summed E-state index contributed by atoms with van der Waals surface area (Å²) in [6.45, 7) is 0. The average molecular weight is 492 g/mol. The largest absolute Gasteiger partial charge is 0.496 e. The Morgan fingerprint density at radius 3 is 1.79 bits per heavy atom. The summed E-state index contributed by atoms with van der Waals surface area (Å²) in [6, 6.07) is 13.4. The van der Waals surface area contributed by atoms with Gasteiger partial charge in [0.1, 0.15) is 22.8 Å². The highest BCUT2D eigenvalue weighted by Gasteiger charge is 2.49. The van der Waals surface area contributed by atoms with Crippen LogP contribution >= 0.6 is 7.14 Å². The van der Waals surface area contributed by atoms with E-state index in [-0.39, 0.29) is 22.8 Å². The Kier molecular flexibility index (Phi) is 7.17. The van der Waals surface area contributed by atoms with Gasteiger partial charge in [-0.2, -0.15) is 13.2 Å². The van der Waals surface area contributed by atoms with Crippen molar-refractivity contribution >= 4 is 23.5 Å². The zero-order chi connectivity index (χ0) is 25.1.